The van der Waals surface area contributed by atoms with Crippen LogP contribution in [0, 0.1) is 0 Å². The molecule has 0 aliphatic heterocycles. The summed E-state index contributed by atoms with van der Waals surface area (Å²) in [5, 5.41) is 7.38. The number of aromatic nitrogens is 5. The summed E-state index contributed by atoms with van der Waals surface area (Å²) < 4.78 is 7.33. The van der Waals surface area contributed by atoms with Gasteiger partial charge in [-0.1, -0.05) is 164 Å². The Bertz CT molecular complexity index is 3830. The lowest BCUT2D eigenvalue weighted by molar-refractivity contribution is 1.07. The zero-order chi connectivity index (χ0) is 41.4. The maximum Gasteiger partial charge on any atom is 0.164 e. The van der Waals surface area contributed by atoms with E-state index in [9.17, 15) is 0 Å². The average molecular weight is 822 g/mol. The Balaban J connectivity index is 1.02. The summed E-state index contributed by atoms with van der Waals surface area (Å²) in [6, 6.07) is 75.7. The van der Waals surface area contributed by atoms with Crippen molar-refractivity contribution < 1.29 is 0 Å². The first-order chi connectivity index (χ1) is 31.2. The van der Waals surface area contributed by atoms with Gasteiger partial charge in [-0.15, -0.1) is 11.3 Å². The van der Waals surface area contributed by atoms with Crippen LogP contribution in [0.3, 0.4) is 0 Å². The molecule has 0 spiro atoms. The number of fused-ring (bicyclic) bond motifs is 10. The van der Waals surface area contributed by atoms with Crippen LogP contribution in [-0.2, 0) is 0 Å². The smallest absolute Gasteiger partial charge is 0.164 e. The van der Waals surface area contributed by atoms with Gasteiger partial charge in [-0.05, 0) is 59.7 Å². The topological polar surface area (TPSA) is 48.5 Å². The summed E-state index contributed by atoms with van der Waals surface area (Å²) in [7, 11) is 0. The molecular weight excluding hydrogens is 787 g/mol. The summed E-state index contributed by atoms with van der Waals surface area (Å²) in [5.74, 6) is 1.96. The van der Waals surface area contributed by atoms with Gasteiger partial charge in [0.2, 0.25) is 0 Å². The van der Waals surface area contributed by atoms with Gasteiger partial charge in [0.15, 0.2) is 17.5 Å². The second-order valence-corrected chi connectivity index (χ2v) is 17.1. The van der Waals surface area contributed by atoms with Gasteiger partial charge in [0.05, 0.1) is 26.8 Å². The summed E-state index contributed by atoms with van der Waals surface area (Å²) in [6.45, 7) is 0. The van der Waals surface area contributed by atoms with E-state index in [0.29, 0.717) is 17.5 Å². The third-order valence-electron chi connectivity index (χ3n) is 12.4. The Morgan fingerprint density at radius 1 is 0.302 bits per heavy atom. The molecule has 0 aliphatic carbocycles. The Morgan fingerprint density at radius 3 is 1.56 bits per heavy atom. The Morgan fingerprint density at radius 2 is 0.841 bits per heavy atom. The molecule has 0 saturated carbocycles. The molecule has 13 aromatic rings. The molecule has 4 heterocycles. The van der Waals surface area contributed by atoms with E-state index in [2.05, 4.69) is 161 Å². The number of nitrogens with zero attached hydrogens (tertiary/aromatic N) is 5. The number of hydrogen-bond acceptors (Lipinski definition) is 4. The van der Waals surface area contributed by atoms with Crippen molar-refractivity contribution in [2.45, 2.75) is 0 Å². The van der Waals surface area contributed by atoms with E-state index in [1.54, 1.807) is 0 Å². The van der Waals surface area contributed by atoms with Gasteiger partial charge >= 0.3 is 0 Å². The first kappa shape index (κ1) is 35.6. The molecule has 0 fully saturated rings. The second-order valence-electron chi connectivity index (χ2n) is 16.0. The van der Waals surface area contributed by atoms with Crippen LogP contribution in [0.25, 0.3) is 120 Å². The van der Waals surface area contributed by atoms with Crippen LogP contribution in [0.1, 0.15) is 0 Å². The van der Waals surface area contributed by atoms with Crippen molar-refractivity contribution in [3.05, 3.63) is 212 Å². The first-order valence-corrected chi connectivity index (χ1v) is 22.0. The molecule has 0 amide bonds. The van der Waals surface area contributed by atoms with Crippen LogP contribution in [0.15, 0.2) is 212 Å². The predicted octanol–water partition coefficient (Wildman–Crippen LogP) is 15.1. The molecule has 294 valence electrons. The van der Waals surface area contributed by atoms with Crippen molar-refractivity contribution in [3.63, 3.8) is 0 Å². The van der Waals surface area contributed by atoms with E-state index in [-0.39, 0.29) is 0 Å². The maximum atomic E-state index is 5.05. The fourth-order valence-corrected chi connectivity index (χ4v) is 10.7. The first-order valence-electron chi connectivity index (χ1n) is 21.2. The van der Waals surface area contributed by atoms with Crippen molar-refractivity contribution in [2.75, 3.05) is 0 Å². The van der Waals surface area contributed by atoms with E-state index < -0.39 is 0 Å². The molecule has 0 aliphatic rings. The van der Waals surface area contributed by atoms with Gasteiger partial charge in [-0.3, -0.25) is 0 Å². The summed E-state index contributed by atoms with van der Waals surface area (Å²) in [6.07, 6.45) is 0. The number of hydrogen-bond donors (Lipinski definition) is 0. The fourth-order valence-electron chi connectivity index (χ4n) is 9.44. The molecule has 13 rings (SSSR count). The van der Waals surface area contributed by atoms with Gasteiger partial charge in [-0.2, -0.15) is 0 Å². The van der Waals surface area contributed by atoms with Crippen molar-refractivity contribution in [2.24, 2.45) is 0 Å². The molecule has 0 unspecified atom stereocenters. The standard InChI is InChI=1S/C57H35N5S/c1-5-15-36(16-6-1)39-26-32-50-48(33-39)43-23-13-14-24-49(43)61(50)42-27-29-44-46-30-31-47-45-28-25-40(34-52(45)63-54(47)53(46)62(51(44)35-42)41-21-11-4-12-22-41)57-59-55(37-17-7-2-8-18-37)58-56(60-57)38-19-9-3-10-20-38/h1-35H. The lowest BCUT2D eigenvalue weighted by atomic mass is 10.0. The van der Waals surface area contributed by atoms with Gasteiger partial charge in [0.25, 0.3) is 0 Å². The molecule has 0 bridgehead atoms. The highest BCUT2D eigenvalue weighted by molar-refractivity contribution is 7.26. The summed E-state index contributed by atoms with van der Waals surface area (Å²) in [5.41, 5.74) is 12.3. The molecule has 0 N–H and O–H groups in total. The van der Waals surface area contributed by atoms with Crippen molar-refractivity contribution in [1.82, 2.24) is 24.1 Å². The lowest BCUT2D eigenvalue weighted by Crippen LogP contribution is -1.99. The van der Waals surface area contributed by atoms with Crippen LogP contribution in [0.5, 0.6) is 0 Å². The second kappa shape index (κ2) is 14.2. The average Bonchev–Trinajstić information content (AvgIpc) is 4.02. The Hall–Kier alpha value is -8.19. The molecule has 63 heavy (non-hydrogen) atoms. The quantitative estimate of drug-likeness (QED) is 0.168. The van der Waals surface area contributed by atoms with Gasteiger partial charge < -0.3 is 9.13 Å². The van der Waals surface area contributed by atoms with E-state index in [1.807, 2.05) is 72.0 Å². The van der Waals surface area contributed by atoms with Crippen LogP contribution in [0.2, 0.25) is 0 Å². The normalized spacial score (nSPS) is 11.8. The SMILES string of the molecule is c1ccc(-c2ccc3c(c2)c2ccccc2n3-c2ccc3c4ccc5c6ccc(-c7nc(-c8ccccc8)nc(-c8ccccc8)n7)cc6sc5c4n(-c4ccccc4)c3c2)cc1. The van der Waals surface area contributed by atoms with Crippen LogP contribution in [0.4, 0.5) is 0 Å². The van der Waals surface area contributed by atoms with Crippen molar-refractivity contribution in [1.29, 1.82) is 0 Å². The van der Waals surface area contributed by atoms with E-state index >= 15 is 0 Å². The van der Waals surface area contributed by atoms with E-state index in [4.69, 9.17) is 15.0 Å². The van der Waals surface area contributed by atoms with E-state index in [0.717, 1.165) is 28.1 Å². The lowest BCUT2D eigenvalue weighted by Gasteiger charge is -2.11. The minimum absolute atomic E-state index is 0.652. The molecule has 6 heteroatoms. The fraction of sp³-hybridized carbons (Fsp3) is 0. The number of benzene rings is 9. The molecule has 0 radical (unpaired) electrons. The molecular formula is C57H35N5S. The van der Waals surface area contributed by atoms with Crippen LogP contribution < -0.4 is 0 Å². The Labute approximate surface area is 366 Å². The van der Waals surface area contributed by atoms with Crippen molar-refractivity contribution in [3.8, 4) is 56.7 Å². The third kappa shape index (κ3) is 5.73. The molecule has 4 aromatic heterocycles. The number of rotatable bonds is 6. The third-order valence-corrected chi connectivity index (χ3v) is 13.5. The summed E-state index contributed by atoms with van der Waals surface area (Å²) in [4.78, 5) is 15.0. The summed E-state index contributed by atoms with van der Waals surface area (Å²) >= 11 is 1.83. The molecule has 0 atom stereocenters. The molecule has 9 aromatic carbocycles. The predicted molar refractivity (Wildman–Crippen MR) is 263 cm³/mol. The van der Waals surface area contributed by atoms with E-state index in [1.165, 1.54) is 74.9 Å². The van der Waals surface area contributed by atoms with Crippen LogP contribution in [-0.4, -0.2) is 24.1 Å². The van der Waals surface area contributed by atoms with Crippen LogP contribution >= 0.6 is 11.3 Å². The highest BCUT2D eigenvalue weighted by atomic mass is 32.1. The van der Waals surface area contributed by atoms with Gasteiger partial charge in [0, 0.05) is 65.1 Å². The minimum Gasteiger partial charge on any atom is -0.309 e. The highest BCUT2D eigenvalue weighted by Crippen LogP contribution is 2.45. The highest BCUT2D eigenvalue weighted by Gasteiger charge is 2.21. The van der Waals surface area contributed by atoms with Gasteiger partial charge in [-0.25, -0.2) is 15.0 Å². The minimum atomic E-state index is 0.652. The number of para-hydroxylation sites is 2. The monoisotopic (exact) mass is 821 g/mol. The molecule has 5 nitrogen and oxygen atoms in total. The van der Waals surface area contributed by atoms with Gasteiger partial charge in [0.1, 0.15) is 0 Å². The maximum absolute atomic E-state index is 5.05. The number of thiophene rings is 1. The zero-order valence-corrected chi connectivity index (χ0v) is 34.7. The zero-order valence-electron chi connectivity index (χ0n) is 33.9. The largest absolute Gasteiger partial charge is 0.309 e. The van der Waals surface area contributed by atoms with Crippen molar-refractivity contribution >= 4 is 75.1 Å². The molecule has 0 saturated heterocycles. The Kier molecular flexibility index (Phi) is 8.01.